The monoisotopic (exact) mass is 238 g/mol. The first kappa shape index (κ1) is 15.3. The number of carbonyl (C=O) groups excluding carboxylic acids is 1. The standard InChI is InChI=1S/C13H22N2O2/c1-11(7-8-12(2)17-6)14(4)9-10-15(5)13(3)16/h7-8H,1-2,9-10H2,3-6H3/b8-7-. The Labute approximate surface area is 104 Å². The minimum atomic E-state index is 0.0623. The molecular weight excluding hydrogens is 216 g/mol. The Morgan fingerprint density at radius 1 is 1.18 bits per heavy atom. The largest absolute Gasteiger partial charge is 0.497 e. The molecule has 0 fully saturated rings. The molecule has 0 radical (unpaired) electrons. The summed E-state index contributed by atoms with van der Waals surface area (Å²) in [5.74, 6) is 0.646. The molecule has 1 amide bonds. The number of hydrogen-bond donors (Lipinski definition) is 0. The van der Waals surface area contributed by atoms with E-state index in [1.54, 1.807) is 32.1 Å². The lowest BCUT2D eigenvalue weighted by Crippen LogP contribution is -2.32. The Kier molecular flexibility index (Phi) is 6.79. The van der Waals surface area contributed by atoms with Crippen LogP contribution in [0, 0.1) is 0 Å². The summed E-state index contributed by atoms with van der Waals surface area (Å²) in [6, 6.07) is 0. The van der Waals surface area contributed by atoms with Crippen molar-refractivity contribution in [2.75, 3.05) is 34.3 Å². The highest BCUT2D eigenvalue weighted by Crippen LogP contribution is 2.03. The van der Waals surface area contributed by atoms with Crippen LogP contribution < -0.4 is 0 Å². The van der Waals surface area contributed by atoms with Gasteiger partial charge < -0.3 is 14.5 Å². The number of methoxy groups -OCH3 is 1. The van der Waals surface area contributed by atoms with Crippen LogP contribution >= 0.6 is 0 Å². The third-order valence-electron chi connectivity index (χ3n) is 2.52. The Morgan fingerprint density at radius 2 is 1.71 bits per heavy atom. The first-order valence-corrected chi connectivity index (χ1v) is 5.41. The summed E-state index contributed by atoms with van der Waals surface area (Å²) in [5.41, 5.74) is 0.847. The average Bonchev–Trinajstić information content (AvgIpc) is 2.31. The van der Waals surface area contributed by atoms with E-state index in [1.807, 2.05) is 18.0 Å². The molecule has 17 heavy (non-hydrogen) atoms. The van der Waals surface area contributed by atoms with E-state index in [0.717, 1.165) is 12.2 Å². The number of ether oxygens (including phenoxy) is 1. The van der Waals surface area contributed by atoms with E-state index in [2.05, 4.69) is 13.2 Å². The fourth-order valence-electron chi connectivity index (χ4n) is 0.985. The number of allylic oxidation sites excluding steroid dienone is 2. The van der Waals surface area contributed by atoms with Crippen LogP contribution in [0.15, 0.2) is 36.8 Å². The van der Waals surface area contributed by atoms with Crippen LogP contribution in [0.3, 0.4) is 0 Å². The van der Waals surface area contributed by atoms with Gasteiger partial charge in [-0.15, -0.1) is 0 Å². The smallest absolute Gasteiger partial charge is 0.219 e. The highest BCUT2D eigenvalue weighted by atomic mass is 16.5. The molecule has 4 nitrogen and oxygen atoms in total. The lowest BCUT2D eigenvalue weighted by molar-refractivity contribution is -0.127. The molecule has 0 saturated heterocycles. The van der Waals surface area contributed by atoms with Crippen LogP contribution in [-0.4, -0.2) is 50.0 Å². The lowest BCUT2D eigenvalue weighted by Gasteiger charge is -2.23. The molecule has 0 atom stereocenters. The fraction of sp³-hybridized carbons (Fsp3) is 0.462. The molecule has 0 aromatic heterocycles. The van der Waals surface area contributed by atoms with Gasteiger partial charge in [-0.1, -0.05) is 13.2 Å². The van der Waals surface area contributed by atoms with Crippen LogP contribution in [0.25, 0.3) is 0 Å². The van der Waals surface area contributed by atoms with Crippen molar-refractivity contribution in [3.63, 3.8) is 0 Å². The first-order chi connectivity index (χ1) is 7.88. The molecule has 0 bridgehead atoms. The molecule has 0 aliphatic carbocycles. The summed E-state index contributed by atoms with van der Waals surface area (Å²) in [7, 11) is 5.28. The molecule has 4 heteroatoms. The van der Waals surface area contributed by atoms with Gasteiger partial charge in [0.1, 0.15) is 5.76 Å². The summed E-state index contributed by atoms with van der Waals surface area (Å²) in [5, 5.41) is 0. The first-order valence-electron chi connectivity index (χ1n) is 5.41. The average molecular weight is 238 g/mol. The summed E-state index contributed by atoms with van der Waals surface area (Å²) in [4.78, 5) is 14.7. The van der Waals surface area contributed by atoms with Gasteiger partial charge in [-0.2, -0.15) is 0 Å². The Morgan fingerprint density at radius 3 is 2.18 bits per heavy atom. The molecule has 0 aliphatic rings. The molecule has 96 valence electrons. The minimum Gasteiger partial charge on any atom is -0.497 e. The Bertz CT molecular complexity index is 321. The number of carbonyl (C=O) groups is 1. The van der Waals surface area contributed by atoms with Crippen LogP contribution in [-0.2, 0) is 9.53 Å². The van der Waals surface area contributed by atoms with Crippen molar-refractivity contribution in [3.8, 4) is 0 Å². The molecule has 0 aromatic rings. The van der Waals surface area contributed by atoms with Crippen LogP contribution in [0.1, 0.15) is 6.92 Å². The van der Waals surface area contributed by atoms with Gasteiger partial charge in [-0.3, -0.25) is 4.79 Å². The molecule has 0 N–H and O–H groups in total. The van der Waals surface area contributed by atoms with Crippen molar-refractivity contribution >= 4 is 5.91 Å². The SMILES string of the molecule is C=C(/C=C\C(=C)N(C)CCN(C)C(C)=O)OC. The zero-order valence-corrected chi connectivity index (χ0v) is 11.2. The van der Waals surface area contributed by atoms with E-state index >= 15 is 0 Å². The van der Waals surface area contributed by atoms with E-state index < -0.39 is 0 Å². The number of rotatable bonds is 7. The summed E-state index contributed by atoms with van der Waals surface area (Å²) < 4.78 is 4.92. The molecule has 0 aromatic carbocycles. The van der Waals surface area contributed by atoms with Gasteiger partial charge in [-0.05, 0) is 12.2 Å². The number of nitrogens with zero attached hydrogens (tertiary/aromatic N) is 2. The van der Waals surface area contributed by atoms with Crippen molar-refractivity contribution in [2.24, 2.45) is 0 Å². The second-order valence-electron chi connectivity index (χ2n) is 3.86. The van der Waals surface area contributed by atoms with Crippen molar-refractivity contribution in [3.05, 3.63) is 36.8 Å². The van der Waals surface area contributed by atoms with E-state index in [4.69, 9.17) is 4.74 Å². The quantitative estimate of drug-likeness (QED) is 0.499. The van der Waals surface area contributed by atoms with Crippen molar-refractivity contribution in [1.29, 1.82) is 0 Å². The lowest BCUT2D eigenvalue weighted by atomic mass is 10.3. The molecule has 0 heterocycles. The highest BCUT2D eigenvalue weighted by Gasteiger charge is 2.04. The van der Waals surface area contributed by atoms with Gasteiger partial charge in [0.05, 0.1) is 7.11 Å². The maximum atomic E-state index is 11.0. The normalized spacial score (nSPS) is 10.1. The fourth-order valence-corrected chi connectivity index (χ4v) is 0.985. The summed E-state index contributed by atoms with van der Waals surface area (Å²) in [6.07, 6.45) is 3.59. The van der Waals surface area contributed by atoms with E-state index in [1.165, 1.54) is 0 Å². The van der Waals surface area contributed by atoms with Gasteiger partial charge >= 0.3 is 0 Å². The zero-order chi connectivity index (χ0) is 13.4. The van der Waals surface area contributed by atoms with E-state index in [-0.39, 0.29) is 5.91 Å². The maximum Gasteiger partial charge on any atom is 0.219 e. The molecule has 0 rings (SSSR count). The highest BCUT2D eigenvalue weighted by molar-refractivity contribution is 5.72. The van der Waals surface area contributed by atoms with Gasteiger partial charge in [0.15, 0.2) is 0 Å². The Hall–Kier alpha value is -1.71. The molecule has 0 unspecified atom stereocenters. The molecule has 0 spiro atoms. The van der Waals surface area contributed by atoms with E-state index in [0.29, 0.717) is 12.3 Å². The van der Waals surface area contributed by atoms with Gasteiger partial charge in [0.25, 0.3) is 0 Å². The molecule has 0 aliphatic heterocycles. The summed E-state index contributed by atoms with van der Waals surface area (Å²) >= 11 is 0. The predicted molar refractivity (Wildman–Crippen MR) is 70.4 cm³/mol. The summed E-state index contributed by atoms with van der Waals surface area (Å²) in [6.45, 7) is 10.6. The van der Waals surface area contributed by atoms with Crippen LogP contribution in [0.2, 0.25) is 0 Å². The maximum absolute atomic E-state index is 11.0. The number of amides is 1. The minimum absolute atomic E-state index is 0.0623. The second-order valence-corrected chi connectivity index (χ2v) is 3.86. The van der Waals surface area contributed by atoms with Crippen molar-refractivity contribution < 1.29 is 9.53 Å². The van der Waals surface area contributed by atoms with Gasteiger partial charge in [0.2, 0.25) is 5.91 Å². The predicted octanol–water partition coefficient (Wildman–Crippen LogP) is 1.63. The molecular formula is C13H22N2O2. The van der Waals surface area contributed by atoms with E-state index in [9.17, 15) is 4.79 Å². The van der Waals surface area contributed by atoms with Gasteiger partial charge in [0, 0.05) is 39.8 Å². The zero-order valence-electron chi connectivity index (χ0n) is 11.2. The third kappa shape index (κ3) is 6.45. The number of likely N-dealkylation sites (N-methyl/N-ethyl adjacent to an activating group) is 2. The van der Waals surface area contributed by atoms with Crippen LogP contribution in [0.5, 0.6) is 0 Å². The Balaban J connectivity index is 4.10. The second kappa shape index (κ2) is 7.54. The van der Waals surface area contributed by atoms with Crippen LogP contribution in [0.4, 0.5) is 0 Å². The van der Waals surface area contributed by atoms with Gasteiger partial charge in [-0.25, -0.2) is 0 Å². The number of hydrogen-bond acceptors (Lipinski definition) is 3. The molecule has 0 saturated carbocycles. The van der Waals surface area contributed by atoms with Crippen molar-refractivity contribution in [2.45, 2.75) is 6.92 Å². The van der Waals surface area contributed by atoms with Crippen molar-refractivity contribution in [1.82, 2.24) is 9.80 Å². The third-order valence-corrected chi connectivity index (χ3v) is 2.52. The topological polar surface area (TPSA) is 32.8 Å².